The fraction of sp³-hybridized carbons (Fsp3) is 0.615. The number of rotatable bonds is 8. The normalized spacial score (nSPS) is 19.2. The zero-order valence-corrected chi connectivity index (χ0v) is 21.6. The molecule has 10 heteroatoms. The highest BCUT2D eigenvalue weighted by molar-refractivity contribution is 6.18. The van der Waals surface area contributed by atoms with Crippen LogP contribution in [0.5, 0.6) is 0 Å². The second kappa shape index (κ2) is 11.4. The van der Waals surface area contributed by atoms with Crippen molar-refractivity contribution in [2.24, 2.45) is 0 Å². The molecule has 2 fully saturated rings. The van der Waals surface area contributed by atoms with Crippen LogP contribution in [0.25, 0.3) is 0 Å². The van der Waals surface area contributed by atoms with Gasteiger partial charge in [0.15, 0.2) is 17.1 Å². The summed E-state index contributed by atoms with van der Waals surface area (Å²) >= 11 is 0. The molecule has 36 heavy (non-hydrogen) atoms. The van der Waals surface area contributed by atoms with E-state index < -0.39 is 28.8 Å². The van der Waals surface area contributed by atoms with Crippen LogP contribution in [0.15, 0.2) is 30.3 Å². The molecular formula is C26H38N4O6. The Morgan fingerprint density at radius 3 is 2.31 bits per heavy atom. The molecule has 3 N–H and O–H groups in total. The molecule has 1 aliphatic carbocycles. The monoisotopic (exact) mass is 502 g/mol. The number of amides is 3. The summed E-state index contributed by atoms with van der Waals surface area (Å²) in [4.78, 5) is 58.3. The Labute approximate surface area is 212 Å². The molecule has 0 bridgehead atoms. The van der Waals surface area contributed by atoms with Crippen molar-refractivity contribution in [1.29, 1.82) is 0 Å². The quantitative estimate of drug-likeness (QED) is 0.283. The third-order valence-corrected chi connectivity index (χ3v) is 6.45. The van der Waals surface area contributed by atoms with Crippen LogP contribution in [0.2, 0.25) is 0 Å². The second-order valence-corrected chi connectivity index (χ2v) is 10.8. The molecule has 10 nitrogen and oxygen atoms in total. The van der Waals surface area contributed by atoms with Crippen LogP contribution < -0.4 is 16.1 Å². The fourth-order valence-corrected chi connectivity index (χ4v) is 4.60. The standard InChI is InChI=1S/C26H38N4O6/c1-24(2,3)36-23(34)27-17-25(4,18-28-35-16-19-10-6-5-7-11-19)29-22(33)30-15-9-8-14-26(30)20(31)12-13-21(26)32/h5-7,10-11,28H,8-9,12-18H2,1-4H3,(H,27,34)(H,29,33)/t25-/m1/s1. The molecule has 0 unspecified atom stereocenters. The maximum atomic E-state index is 13.5. The van der Waals surface area contributed by atoms with Crippen LogP contribution >= 0.6 is 0 Å². The Bertz CT molecular complexity index is 945. The Hall–Kier alpha value is -2.98. The summed E-state index contributed by atoms with van der Waals surface area (Å²) in [5.74, 6) is -0.388. The Morgan fingerprint density at radius 1 is 1.00 bits per heavy atom. The molecule has 1 saturated carbocycles. The number of hydrogen-bond acceptors (Lipinski definition) is 7. The van der Waals surface area contributed by atoms with E-state index in [4.69, 9.17) is 9.57 Å². The highest BCUT2D eigenvalue weighted by atomic mass is 16.6. The first-order valence-corrected chi connectivity index (χ1v) is 12.5. The molecule has 1 aliphatic heterocycles. The van der Waals surface area contributed by atoms with Gasteiger partial charge in [-0.2, -0.15) is 5.48 Å². The molecule has 1 saturated heterocycles. The van der Waals surface area contributed by atoms with Gasteiger partial charge < -0.3 is 20.3 Å². The predicted molar refractivity (Wildman–Crippen MR) is 133 cm³/mol. The Balaban J connectivity index is 1.70. The van der Waals surface area contributed by atoms with Crippen LogP contribution in [0.3, 0.4) is 0 Å². The van der Waals surface area contributed by atoms with Crippen molar-refractivity contribution in [3.05, 3.63) is 35.9 Å². The van der Waals surface area contributed by atoms with Gasteiger partial charge in [0.05, 0.1) is 12.1 Å². The zero-order valence-electron chi connectivity index (χ0n) is 21.6. The summed E-state index contributed by atoms with van der Waals surface area (Å²) in [6.07, 6.45) is 1.48. The Kier molecular flexibility index (Phi) is 8.73. The van der Waals surface area contributed by atoms with E-state index in [0.29, 0.717) is 32.4 Å². The molecule has 3 rings (SSSR count). The van der Waals surface area contributed by atoms with Crippen molar-refractivity contribution in [3.8, 4) is 0 Å². The van der Waals surface area contributed by atoms with Crippen molar-refractivity contribution in [3.63, 3.8) is 0 Å². The number of Topliss-reactive ketones (excluding diaryl/α,β-unsaturated/α-hetero) is 2. The number of nitrogens with zero attached hydrogens (tertiary/aromatic N) is 1. The number of hydroxylamine groups is 1. The summed E-state index contributed by atoms with van der Waals surface area (Å²) in [6.45, 7) is 7.82. The highest BCUT2D eigenvalue weighted by Crippen LogP contribution is 2.37. The van der Waals surface area contributed by atoms with E-state index in [9.17, 15) is 19.2 Å². The van der Waals surface area contributed by atoms with Gasteiger partial charge in [-0.15, -0.1) is 0 Å². The van der Waals surface area contributed by atoms with Crippen molar-refractivity contribution in [2.75, 3.05) is 19.6 Å². The fourth-order valence-electron chi connectivity index (χ4n) is 4.60. The van der Waals surface area contributed by atoms with Crippen molar-refractivity contribution in [2.45, 2.75) is 83.1 Å². The van der Waals surface area contributed by atoms with Crippen LogP contribution in [-0.2, 0) is 25.8 Å². The number of benzene rings is 1. The smallest absolute Gasteiger partial charge is 0.407 e. The lowest BCUT2D eigenvalue weighted by molar-refractivity contribution is -0.138. The molecule has 1 spiro atoms. The zero-order chi connectivity index (χ0) is 26.4. The predicted octanol–water partition coefficient (Wildman–Crippen LogP) is 2.86. The van der Waals surface area contributed by atoms with Gasteiger partial charge in [-0.1, -0.05) is 30.3 Å². The maximum Gasteiger partial charge on any atom is 0.407 e. The van der Waals surface area contributed by atoms with E-state index in [1.807, 2.05) is 30.3 Å². The summed E-state index contributed by atoms with van der Waals surface area (Å²) in [5, 5.41) is 5.64. The number of carbonyl (C=O) groups excluding carboxylic acids is 4. The van der Waals surface area contributed by atoms with E-state index in [-0.39, 0.29) is 37.5 Å². The number of likely N-dealkylation sites (tertiary alicyclic amines) is 1. The summed E-state index contributed by atoms with van der Waals surface area (Å²) in [6, 6.07) is 9.08. The molecule has 2 aliphatic rings. The second-order valence-electron chi connectivity index (χ2n) is 10.8. The van der Waals surface area contributed by atoms with E-state index in [2.05, 4.69) is 16.1 Å². The first-order valence-electron chi connectivity index (χ1n) is 12.5. The van der Waals surface area contributed by atoms with E-state index in [0.717, 1.165) is 5.56 Å². The molecule has 1 aromatic rings. The van der Waals surface area contributed by atoms with Crippen molar-refractivity contribution >= 4 is 23.7 Å². The minimum Gasteiger partial charge on any atom is -0.444 e. The van der Waals surface area contributed by atoms with Gasteiger partial charge in [0.25, 0.3) is 0 Å². The minimum atomic E-state index is -1.38. The number of ketones is 2. The van der Waals surface area contributed by atoms with Crippen molar-refractivity contribution in [1.82, 2.24) is 21.0 Å². The number of urea groups is 1. The van der Waals surface area contributed by atoms with Gasteiger partial charge in [-0.3, -0.25) is 14.4 Å². The molecule has 1 aromatic carbocycles. The lowest BCUT2D eigenvalue weighted by Gasteiger charge is -2.44. The summed E-state index contributed by atoms with van der Waals surface area (Å²) in [7, 11) is 0. The van der Waals surface area contributed by atoms with Crippen molar-refractivity contribution < 1.29 is 28.8 Å². The summed E-state index contributed by atoms with van der Waals surface area (Å²) in [5.41, 5.74) is 0.771. The SMILES string of the molecule is CC(C)(C)OC(=O)NC[C@](C)(CNOCc1ccccc1)NC(=O)N1CCCCC12C(=O)CCC2=O. The molecule has 0 aromatic heterocycles. The van der Waals surface area contributed by atoms with Gasteiger partial charge in [0.1, 0.15) is 5.60 Å². The molecule has 1 heterocycles. The van der Waals surface area contributed by atoms with E-state index in [1.54, 1.807) is 27.7 Å². The number of piperidine rings is 1. The highest BCUT2D eigenvalue weighted by Gasteiger charge is 2.56. The number of ether oxygens (including phenoxy) is 1. The minimum absolute atomic E-state index is 0.0259. The van der Waals surface area contributed by atoms with Gasteiger partial charge in [0, 0.05) is 32.5 Å². The third kappa shape index (κ3) is 6.82. The first-order chi connectivity index (χ1) is 17.0. The molecule has 1 atom stereocenters. The third-order valence-electron chi connectivity index (χ3n) is 6.45. The summed E-state index contributed by atoms with van der Waals surface area (Å²) < 4.78 is 5.33. The topological polar surface area (TPSA) is 126 Å². The van der Waals surface area contributed by atoms with Crippen LogP contribution in [0.4, 0.5) is 9.59 Å². The van der Waals surface area contributed by atoms with Gasteiger partial charge in [0.2, 0.25) is 0 Å². The van der Waals surface area contributed by atoms with Gasteiger partial charge in [-0.25, -0.2) is 9.59 Å². The lowest BCUT2D eigenvalue weighted by Crippen LogP contribution is -2.67. The van der Waals surface area contributed by atoms with Crippen LogP contribution in [-0.4, -0.2) is 64.9 Å². The van der Waals surface area contributed by atoms with E-state index in [1.165, 1.54) is 4.90 Å². The number of alkyl carbamates (subject to hydrolysis) is 1. The number of nitrogens with one attached hydrogen (secondary N) is 3. The lowest BCUT2D eigenvalue weighted by atomic mass is 9.83. The molecular weight excluding hydrogens is 464 g/mol. The molecule has 198 valence electrons. The Morgan fingerprint density at radius 2 is 1.67 bits per heavy atom. The average Bonchev–Trinajstić information content (AvgIpc) is 3.09. The number of hydrogen-bond donors (Lipinski definition) is 3. The first kappa shape index (κ1) is 27.6. The average molecular weight is 503 g/mol. The van der Waals surface area contributed by atoms with Gasteiger partial charge in [-0.05, 0) is 52.5 Å². The van der Waals surface area contributed by atoms with Crippen LogP contribution in [0, 0.1) is 0 Å². The maximum absolute atomic E-state index is 13.5. The van der Waals surface area contributed by atoms with E-state index >= 15 is 0 Å². The largest absolute Gasteiger partial charge is 0.444 e. The number of carbonyl (C=O) groups is 4. The van der Waals surface area contributed by atoms with Gasteiger partial charge >= 0.3 is 12.1 Å². The van der Waals surface area contributed by atoms with Crippen LogP contribution in [0.1, 0.15) is 65.4 Å². The molecule has 0 radical (unpaired) electrons. The molecule has 3 amide bonds.